The highest BCUT2D eigenvalue weighted by molar-refractivity contribution is 9.10. The molecule has 2 atom stereocenters. The molecule has 0 radical (unpaired) electrons. The highest BCUT2D eigenvalue weighted by atomic mass is 79.9. The minimum Gasteiger partial charge on any atom is -0.271 e. The quantitative estimate of drug-likeness (QED) is 0.639. The van der Waals surface area contributed by atoms with Crippen LogP contribution in [0.2, 0.25) is 0 Å². The number of hydrogen-bond acceptors (Lipinski definition) is 3. The fourth-order valence-corrected chi connectivity index (χ4v) is 3.28. The Kier molecular flexibility index (Phi) is 5.09. The molecule has 0 fully saturated rings. The first-order valence-corrected chi connectivity index (χ1v) is 6.62. The van der Waals surface area contributed by atoms with Crippen LogP contribution in [0.25, 0.3) is 0 Å². The van der Waals surface area contributed by atoms with Gasteiger partial charge in [-0.1, -0.05) is 20.3 Å². The average Bonchev–Trinajstić information content (AvgIpc) is 2.54. The molecule has 0 aliphatic heterocycles. The van der Waals surface area contributed by atoms with Crippen molar-refractivity contribution >= 4 is 27.3 Å². The van der Waals surface area contributed by atoms with Gasteiger partial charge in [-0.15, -0.1) is 0 Å². The molecule has 0 bridgehead atoms. The molecule has 1 rings (SSSR count). The predicted octanol–water partition coefficient (Wildman–Crippen LogP) is 3.45. The summed E-state index contributed by atoms with van der Waals surface area (Å²) in [7, 11) is 0. The lowest BCUT2D eigenvalue weighted by Crippen LogP contribution is -2.32. The first kappa shape index (κ1) is 12.2. The first-order chi connectivity index (χ1) is 6.70. The zero-order valence-corrected chi connectivity index (χ0v) is 11.0. The van der Waals surface area contributed by atoms with Crippen molar-refractivity contribution in [2.24, 2.45) is 11.8 Å². The van der Waals surface area contributed by atoms with E-state index >= 15 is 0 Å². The van der Waals surface area contributed by atoms with Crippen molar-refractivity contribution in [2.45, 2.75) is 32.7 Å². The summed E-state index contributed by atoms with van der Waals surface area (Å²) in [4.78, 5) is 0. The van der Waals surface area contributed by atoms with Crippen LogP contribution in [-0.4, -0.2) is 0 Å². The molecule has 1 aromatic heterocycles. The van der Waals surface area contributed by atoms with Crippen LogP contribution in [-0.2, 0) is 0 Å². The molecule has 3 N–H and O–H groups in total. The van der Waals surface area contributed by atoms with E-state index < -0.39 is 0 Å². The van der Waals surface area contributed by atoms with Crippen molar-refractivity contribution < 1.29 is 0 Å². The van der Waals surface area contributed by atoms with Gasteiger partial charge in [0.1, 0.15) is 0 Å². The number of hydrogen-bond donors (Lipinski definition) is 2. The molecule has 0 aliphatic rings. The summed E-state index contributed by atoms with van der Waals surface area (Å²) >= 11 is 5.24. The summed E-state index contributed by atoms with van der Waals surface area (Å²) in [6.07, 6.45) is 2.39. The van der Waals surface area contributed by atoms with Crippen LogP contribution >= 0.6 is 27.3 Å². The van der Waals surface area contributed by atoms with E-state index in [0.717, 1.165) is 4.47 Å². The topological polar surface area (TPSA) is 38.0 Å². The fourth-order valence-electron chi connectivity index (χ4n) is 1.70. The van der Waals surface area contributed by atoms with E-state index in [0.29, 0.717) is 5.92 Å². The lowest BCUT2D eigenvalue weighted by molar-refractivity contribution is 0.368. The van der Waals surface area contributed by atoms with Crippen LogP contribution in [0.5, 0.6) is 0 Å². The van der Waals surface area contributed by atoms with Crippen LogP contribution in [0.3, 0.4) is 0 Å². The number of nitrogens with two attached hydrogens (primary N) is 1. The van der Waals surface area contributed by atoms with E-state index in [1.165, 1.54) is 18.4 Å². The van der Waals surface area contributed by atoms with Crippen molar-refractivity contribution in [2.75, 3.05) is 0 Å². The van der Waals surface area contributed by atoms with Gasteiger partial charge in [0.25, 0.3) is 0 Å². The van der Waals surface area contributed by atoms with Crippen molar-refractivity contribution in [3.8, 4) is 0 Å². The monoisotopic (exact) mass is 276 g/mol. The smallest absolute Gasteiger partial charge is 0.0504 e. The molecule has 0 spiro atoms. The standard InChI is InChI=1S/C10H17BrN2S/c1-3-4-7(2)10(13-12)8-5-14-6-9(8)11/h5-7,10,13H,3-4,12H2,1-2H3. The predicted molar refractivity (Wildman–Crippen MR) is 66.2 cm³/mol. The number of hydrazine groups is 1. The van der Waals surface area contributed by atoms with Crippen LogP contribution < -0.4 is 11.3 Å². The first-order valence-electron chi connectivity index (χ1n) is 4.88. The van der Waals surface area contributed by atoms with Gasteiger partial charge in [0, 0.05) is 9.85 Å². The summed E-state index contributed by atoms with van der Waals surface area (Å²) in [6, 6.07) is 0.260. The molecule has 80 valence electrons. The summed E-state index contributed by atoms with van der Waals surface area (Å²) in [6.45, 7) is 4.44. The molecule has 2 unspecified atom stereocenters. The van der Waals surface area contributed by atoms with E-state index in [4.69, 9.17) is 5.84 Å². The van der Waals surface area contributed by atoms with E-state index in [-0.39, 0.29) is 6.04 Å². The Bertz CT molecular complexity index is 275. The van der Waals surface area contributed by atoms with Crippen LogP contribution in [0.4, 0.5) is 0 Å². The minimum atomic E-state index is 0.260. The van der Waals surface area contributed by atoms with Gasteiger partial charge in [-0.3, -0.25) is 11.3 Å². The van der Waals surface area contributed by atoms with E-state index in [1.54, 1.807) is 11.3 Å². The second-order valence-corrected chi connectivity index (χ2v) is 5.18. The molecule has 0 aliphatic carbocycles. The van der Waals surface area contributed by atoms with Crippen molar-refractivity contribution in [3.05, 3.63) is 20.8 Å². The van der Waals surface area contributed by atoms with Crippen molar-refractivity contribution in [1.29, 1.82) is 0 Å². The number of rotatable bonds is 5. The fraction of sp³-hybridized carbons (Fsp3) is 0.600. The molecule has 0 saturated heterocycles. The van der Waals surface area contributed by atoms with Gasteiger partial charge < -0.3 is 0 Å². The SMILES string of the molecule is CCCC(C)C(NN)c1cscc1Br. The third-order valence-electron chi connectivity index (χ3n) is 2.47. The summed E-state index contributed by atoms with van der Waals surface area (Å²) in [5.41, 5.74) is 4.18. The highest BCUT2D eigenvalue weighted by Gasteiger charge is 2.19. The maximum absolute atomic E-state index is 5.60. The Morgan fingerprint density at radius 3 is 2.71 bits per heavy atom. The third kappa shape index (κ3) is 2.79. The van der Waals surface area contributed by atoms with Crippen molar-refractivity contribution in [1.82, 2.24) is 5.43 Å². The van der Waals surface area contributed by atoms with Crippen molar-refractivity contribution in [3.63, 3.8) is 0 Å². The molecule has 1 heterocycles. The van der Waals surface area contributed by atoms with Crippen LogP contribution in [0.15, 0.2) is 15.2 Å². The number of halogens is 1. The lowest BCUT2D eigenvalue weighted by Gasteiger charge is -2.22. The van der Waals surface area contributed by atoms with Gasteiger partial charge in [0.2, 0.25) is 0 Å². The van der Waals surface area contributed by atoms with E-state index in [9.17, 15) is 0 Å². The molecule has 14 heavy (non-hydrogen) atoms. The van der Waals surface area contributed by atoms with E-state index in [2.05, 4.69) is 46.0 Å². The zero-order valence-electron chi connectivity index (χ0n) is 8.59. The zero-order chi connectivity index (χ0) is 10.6. The highest BCUT2D eigenvalue weighted by Crippen LogP contribution is 2.32. The normalized spacial score (nSPS) is 15.4. The minimum absolute atomic E-state index is 0.260. The summed E-state index contributed by atoms with van der Waals surface area (Å²) < 4.78 is 1.16. The maximum atomic E-state index is 5.60. The molecule has 0 saturated carbocycles. The molecule has 1 aromatic rings. The van der Waals surface area contributed by atoms with E-state index in [1.807, 2.05) is 0 Å². The molecule has 4 heteroatoms. The molecule has 0 amide bonds. The molecular formula is C10H17BrN2S. The van der Waals surface area contributed by atoms with Crippen LogP contribution in [0, 0.1) is 5.92 Å². The van der Waals surface area contributed by atoms with Gasteiger partial charge in [-0.25, -0.2) is 0 Å². The van der Waals surface area contributed by atoms with Crippen LogP contribution in [0.1, 0.15) is 38.3 Å². The number of thiophene rings is 1. The number of nitrogens with one attached hydrogen (secondary N) is 1. The Balaban J connectivity index is 2.76. The third-order valence-corrected chi connectivity index (χ3v) is 4.22. The summed E-state index contributed by atoms with van der Waals surface area (Å²) in [5.74, 6) is 6.16. The van der Waals surface area contributed by atoms with Gasteiger partial charge in [0.15, 0.2) is 0 Å². The Morgan fingerprint density at radius 1 is 1.57 bits per heavy atom. The Hall–Kier alpha value is 0.100. The Labute approximate surface area is 98.0 Å². The molecule has 2 nitrogen and oxygen atoms in total. The maximum Gasteiger partial charge on any atom is 0.0504 e. The molecular weight excluding hydrogens is 260 g/mol. The summed E-state index contributed by atoms with van der Waals surface area (Å²) in [5, 5.41) is 4.25. The second kappa shape index (κ2) is 5.85. The Morgan fingerprint density at radius 2 is 2.29 bits per heavy atom. The lowest BCUT2D eigenvalue weighted by atomic mass is 9.93. The molecule has 0 aromatic carbocycles. The largest absolute Gasteiger partial charge is 0.271 e. The van der Waals surface area contributed by atoms with Gasteiger partial charge >= 0.3 is 0 Å². The average molecular weight is 277 g/mol. The van der Waals surface area contributed by atoms with Gasteiger partial charge in [-0.05, 0) is 39.2 Å². The van der Waals surface area contributed by atoms with Gasteiger partial charge in [0.05, 0.1) is 6.04 Å². The second-order valence-electron chi connectivity index (χ2n) is 3.59. The van der Waals surface area contributed by atoms with Gasteiger partial charge in [-0.2, -0.15) is 11.3 Å².